The second-order valence-electron chi connectivity index (χ2n) is 5.80. The van der Waals surface area contributed by atoms with Crippen LogP contribution in [0.25, 0.3) is 0 Å². The van der Waals surface area contributed by atoms with Crippen molar-refractivity contribution in [2.75, 3.05) is 26.2 Å². The number of carbonyl (C=O) groups is 1. The summed E-state index contributed by atoms with van der Waals surface area (Å²) < 4.78 is 51.7. The summed E-state index contributed by atoms with van der Waals surface area (Å²) in [6, 6.07) is 9.50. The zero-order valence-corrected chi connectivity index (χ0v) is 12.9. The Morgan fingerprint density at radius 3 is 2.48 bits per heavy atom. The molecule has 0 N–H and O–H groups in total. The van der Waals surface area contributed by atoms with Crippen LogP contribution in [0.3, 0.4) is 0 Å². The van der Waals surface area contributed by atoms with Crippen molar-refractivity contribution in [2.45, 2.75) is 25.8 Å². The Kier molecular flexibility index (Phi) is 5.62. The quantitative estimate of drug-likeness (QED) is 0.774. The average Bonchev–Trinajstić information content (AvgIpc) is 2.83. The van der Waals surface area contributed by atoms with E-state index in [-0.39, 0.29) is 19.6 Å². The summed E-state index contributed by atoms with van der Waals surface area (Å²) in [7, 11) is 0. The first kappa shape index (κ1) is 17.7. The summed E-state index contributed by atoms with van der Waals surface area (Å²) in [4.78, 5) is 13.9. The molecule has 1 aliphatic heterocycles. The van der Waals surface area contributed by atoms with E-state index in [2.05, 4.69) is 0 Å². The fourth-order valence-electron chi connectivity index (χ4n) is 2.88. The number of likely N-dealkylation sites (tertiary alicyclic amines) is 1. The molecule has 2 atom stereocenters. The van der Waals surface area contributed by atoms with E-state index in [1.165, 1.54) is 6.92 Å². The highest BCUT2D eigenvalue weighted by atomic mass is 19.4. The van der Waals surface area contributed by atoms with Gasteiger partial charge in [0, 0.05) is 38.6 Å². The summed E-state index contributed by atoms with van der Waals surface area (Å²) in [5.74, 6) is -2.49. The normalized spacial score (nSPS) is 22.3. The van der Waals surface area contributed by atoms with Crippen LogP contribution in [-0.2, 0) is 11.3 Å². The van der Waals surface area contributed by atoms with Crippen LogP contribution in [0, 0.1) is 5.92 Å². The largest absolute Gasteiger partial charge is 0.471 e. The molecule has 23 heavy (non-hydrogen) atoms. The summed E-state index contributed by atoms with van der Waals surface area (Å²) in [5.41, 5.74) is 1.03. The topological polar surface area (TPSA) is 23.6 Å². The van der Waals surface area contributed by atoms with Gasteiger partial charge in [-0.25, -0.2) is 4.39 Å². The molecular formula is C16H20F4N2O. The number of benzene rings is 1. The van der Waals surface area contributed by atoms with Crippen molar-refractivity contribution in [3.63, 3.8) is 0 Å². The Balaban J connectivity index is 1.94. The van der Waals surface area contributed by atoms with Gasteiger partial charge in [-0.3, -0.25) is 9.69 Å². The van der Waals surface area contributed by atoms with Crippen LogP contribution in [0.2, 0.25) is 0 Å². The van der Waals surface area contributed by atoms with E-state index >= 15 is 0 Å². The van der Waals surface area contributed by atoms with Gasteiger partial charge in [-0.15, -0.1) is 0 Å². The molecule has 1 amide bonds. The van der Waals surface area contributed by atoms with Crippen LogP contribution in [0.5, 0.6) is 0 Å². The van der Waals surface area contributed by atoms with Gasteiger partial charge in [0.1, 0.15) is 6.17 Å². The lowest BCUT2D eigenvalue weighted by Crippen LogP contribution is -2.44. The molecule has 3 nitrogen and oxygen atoms in total. The monoisotopic (exact) mass is 332 g/mol. The van der Waals surface area contributed by atoms with E-state index in [0.717, 1.165) is 5.56 Å². The molecule has 7 heteroatoms. The van der Waals surface area contributed by atoms with Crippen LogP contribution in [0.1, 0.15) is 12.5 Å². The van der Waals surface area contributed by atoms with Crippen LogP contribution in [0.4, 0.5) is 17.6 Å². The highest BCUT2D eigenvalue weighted by Gasteiger charge is 2.44. The number of carbonyl (C=O) groups excluding carboxylic acids is 1. The minimum Gasteiger partial charge on any atom is -0.335 e. The van der Waals surface area contributed by atoms with Gasteiger partial charge in [-0.1, -0.05) is 30.3 Å². The zero-order chi connectivity index (χ0) is 17.0. The van der Waals surface area contributed by atoms with Crippen molar-refractivity contribution >= 4 is 5.91 Å². The number of hydrogen-bond acceptors (Lipinski definition) is 2. The van der Waals surface area contributed by atoms with Crippen molar-refractivity contribution in [2.24, 2.45) is 5.92 Å². The summed E-state index contributed by atoms with van der Waals surface area (Å²) in [5, 5.41) is 0. The third-order valence-electron chi connectivity index (χ3n) is 4.05. The lowest BCUT2D eigenvalue weighted by molar-refractivity contribution is -0.186. The van der Waals surface area contributed by atoms with Gasteiger partial charge in [-0.2, -0.15) is 13.2 Å². The van der Waals surface area contributed by atoms with Gasteiger partial charge in [0.15, 0.2) is 0 Å². The van der Waals surface area contributed by atoms with E-state index in [4.69, 9.17) is 0 Å². The smallest absolute Gasteiger partial charge is 0.335 e. The van der Waals surface area contributed by atoms with Gasteiger partial charge in [-0.05, 0) is 12.5 Å². The summed E-state index contributed by atoms with van der Waals surface area (Å²) in [6.45, 7) is 2.25. The Bertz CT molecular complexity index is 521. The van der Waals surface area contributed by atoms with E-state index in [1.54, 1.807) is 0 Å². The Morgan fingerprint density at radius 2 is 1.91 bits per heavy atom. The van der Waals surface area contributed by atoms with Crippen molar-refractivity contribution in [3.8, 4) is 0 Å². The minimum atomic E-state index is -4.91. The van der Waals surface area contributed by atoms with Crippen molar-refractivity contribution in [1.29, 1.82) is 0 Å². The standard InChI is InChI=1S/C16H20F4N2O/c1-2-22(15(23)16(18,19)20)10-13-9-21(11-14(13)17)8-12-6-4-3-5-7-12/h3-7,13-14H,2,8-11H2,1H3/t13-,14+/m1/s1. The van der Waals surface area contributed by atoms with E-state index in [0.29, 0.717) is 18.0 Å². The molecule has 0 unspecified atom stereocenters. The maximum Gasteiger partial charge on any atom is 0.471 e. The first-order valence-electron chi connectivity index (χ1n) is 7.57. The number of alkyl halides is 4. The summed E-state index contributed by atoms with van der Waals surface area (Å²) >= 11 is 0. The first-order valence-corrected chi connectivity index (χ1v) is 7.57. The van der Waals surface area contributed by atoms with Gasteiger partial charge in [0.05, 0.1) is 0 Å². The third kappa shape index (κ3) is 4.67. The Hall–Kier alpha value is -1.63. The molecule has 0 aromatic heterocycles. The Morgan fingerprint density at radius 1 is 1.26 bits per heavy atom. The zero-order valence-electron chi connectivity index (χ0n) is 12.9. The molecular weight excluding hydrogens is 312 g/mol. The minimum absolute atomic E-state index is 0.0831. The van der Waals surface area contributed by atoms with Crippen LogP contribution < -0.4 is 0 Å². The van der Waals surface area contributed by atoms with Crippen LogP contribution >= 0.6 is 0 Å². The third-order valence-corrected chi connectivity index (χ3v) is 4.05. The second kappa shape index (κ2) is 7.29. The molecule has 1 aliphatic rings. The molecule has 0 spiro atoms. The van der Waals surface area contributed by atoms with Crippen LogP contribution in [-0.4, -0.2) is 54.2 Å². The molecule has 1 aromatic carbocycles. The SMILES string of the molecule is CCN(C[C@H]1CN(Cc2ccccc2)C[C@@H]1F)C(=O)C(F)(F)F. The molecule has 1 aromatic rings. The van der Waals surface area contributed by atoms with Crippen LogP contribution in [0.15, 0.2) is 30.3 Å². The molecule has 0 bridgehead atoms. The molecule has 0 saturated carbocycles. The van der Waals surface area contributed by atoms with E-state index in [9.17, 15) is 22.4 Å². The van der Waals surface area contributed by atoms with Crippen molar-refractivity contribution in [3.05, 3.63) is 35.9 Å². The molecule has 0 radical (unpaired) electrons. The highest BCUT2D eigenvalue weighted by Crippen LogP contribution is 2.25. The lowest BCUT2D eigenvalue weighted by Gasteiger charge is -2.26. The average molecular weight is 332 g/mol. The molecule has 128 valence electrons. The number of hydrogen-bond donors (Lipinski definition) is 0. The molecule has 1 fully saturated rings. The molecule has 0 aliphatic carbocycles. The maximum atomic E-state index is 14.1. The first-order chi connectivity index (χ1) is 10.8. The van der Waals surface area contributed by atoms with Crippen molar-refractivity contribution in [1.82, 2.24) is 9.80 Å². The van der Waals surface area contributed by atoms with E-state index < -0.39 is 24.2 Å². The van der Waals surface area contributed by atoms with Gasteiger partial charge in [0.25, 0.3) is 0 Å². The van der Waals surface area contributed by atoms with Crippen molar-refractivity contribution < 1.29 is 22.4 Å². The molecule has 1 saturated heterocycles. The van der Waals surface area contributed by atoms with Gasteiger partial charge < -0.3 is 4.90 Å². The van der Waals surface area contributed by atoms with Gasteiger partial charge in [0.2, 0.25) is 0 Å². The lowest BCUT2D eigenvalue weighted by atomic mass is 10.1. The number of amides is 1. The fourth-order valence-corrected chi connectivity index (χ4v) is 2.88. The Labute approximate surface area is 132 Å². The second-order valence-corrected chi connectivity index (χ2v) is 5.80. The predicted octanol–water partition coefficient (Wildman–Crippen LogP) is 2.87. The predicted molar refractivity (Wildman–Crippen MR) is 78.4 cm³/mol. The number of nitrogens with zero attached hydrogens (tertiary/aromatic N) is 2. The fraction of sp³-hybridized carbons (Fsp3) is 0.562. The van der Waals surface area contributed by atoms with E-state index in [1.807, 2.05) is 35.2 Å². The highest BCUT2D eigenvalue weighted by molar-refractivity contribution is 5.81. The molecule has 1 heterocycles. The molecule has 2 rings (SSSR count). The summed E-state index contributed by atoms with van der Waals surface area (Å²) in [6.07, 6.45) is -6.14. The van der Waals surface area contributed by atoms with Gasteiger partial charge >= 0.3 is 12.1 Å². The maximum absolute atomic E-state index is 14.1. The number of rotatable bonds is 5. The number of halogens is 4.